The molecular weight excluding hydrogens is 292 g/mol. The molecule has 1 rings (SSSR count). The highest BCUT2D eigenvalue weighted by atomic mass is 32.2. The molecule has 21 heavy (non-hydrogen) atoms. The van der Waals surface area contributed by atoms with Crippen molar-refractivity contribution in [1.82, 2.24) is 4.72 Å². The van der Waals surface area contributed by atoms with Crippen LogP contribution in [0.2, 0.25) is 0 Å². The van der Waals surface area contributed by atoms with Crippen LogP contribution in [0.4, 0.5) is 5.69 Å². The zero-order valence-electron chi connectivity index (χ0n) is 11.9. The minimum absolute atomic E-state index is 0.0618. The summed E-state index contributed by atoms with van der Waals surface area (Å²) in [6.07, 6.45) is 0.227. The van der Waals surface area contributed by atoms with E-state index in [0.29, 0.717) is 11.3 Å². The number of benzene rings is 1. The fourth-order valence-corrected chi connectivity index (χ4v) is 3.16. The van der Waals surface area contributed by atoms with E-state index in [4.69, 9.17) is 11.7 Å². The van der Waals surface area contributed by atoms with Gasteiger partial charge in [-0.05, 0) is 17.9 Å². The highest BCUT2D eigenvalue weighted by Gasteiger charge is 2.24. The molecule has 1 unspecified atom stereocenters. The first-order chi connectivity index (χ1) is 9.73. The summed E-state index contributed by atoms with van der Waals surface area (Å²) in [6, 6.07) is 5.02. The average Bonchev–Trinajstić information content (AvgIpc) is 2.37. The van der Waals surface area contributed by atoms with E-state index in [1.807, 2.05) is 13.8 Å². The highest BCUT2D eigenvalue weighted by molar-refractivity contribution is 7.88. The number of aliphatic carboxylic acids is 1. The molecule has 0 saturated carbocycles. The van der Waals surface area contributed by atoms with Crippen molar-refractivity contribution in [2.45, 2.75) is 32.1 Å². The van der Waals surface area contributed by atoms with Gasteiger partial charge in [0, 0.05) is 0 Å². The fourth-order valence-electron chi connectivity index (χ4n) is 1.82. The zero-order chi connectivity index (χ0) is 16.0. The molecule has 2 N–H and O–H groups in total. The Hall–Kier alpha value is -1.91. The molecule has 0 aliphatic carbocycles. The molecular formula is C14H18N2O4S. The van der Waals surface area contributed by atoms with E-state index in [0.717, 1.165) is 0 Å². The summed E-state index contributed by atoms with van der Waals surface area (Å²) in [5.74, 6) is -1.44. The third kappa shape index (κ3) is 5.94. The number of carboxylic acids is 1. The number of nitrogens with zero attached hydrogens (tertiary/aromatic N) is 1. The molecule has 0 amide bonds. The molecule has 7 heteroatoms. The average molecular weight is 310 g/mol. The van der Waals surface area contributed by atoms with E-state index in [1.54, 1.807) is 12.1 Å². The monoisotopic (exact) mass is 310 g/mol. The summed E-state index contributed by atoms with van der Waals surface area (Å²) >= 11 is 0. The standard InChI is InChI=1S/C14H18N2O4S/c1-10(2)8-13(14(17)18)16-21(19,20)9-11-4-6-12(15-3)7-5-11/h4-7,10,13,16H,8-9H2,1-2H3,(H,17,18). The molecule has 1 aromatic rings. The Morgan fingerprint density at radius 3 is 2.33 bits per heavy atom. The number of hydrogen-bond acceptors (Lipinski definition) is 3. The van der Waals surface area contributed by atoms with Crippen molar-refractivity contribution >= 4 is 21.7 Å². The van der Waals surface area contributed by atoms with Gasteiger partial charge in [0.05, 0.1) is 12.3 Å². The normalized spacial score (nSPS) is 12.9. The van der Waals surface area contributed by atoms with Crippen molar-refractivity contribution in [2.75, 3.05) is 0 Å². The predicted octanol–water partition coefficient (Wildman–Crippen LogP) is 2.16. The molecule has 0 radical (unpaired) electrons. The summed E-state index contributed by atoms with van der Waals surface area (Å²) in [4.78, 5) is 14.3. The van der Waals surface area contributed by atoms with Crippen LogP contribution >= 0.6 is 0 Å². The number of hydrogen-bond donors (Lipinski definition) is 2. The van der Waals surface area contributed by atoms with Crippen LogP contribution in [-0.2, 0) is 20.6 Å². The first-order valence-electron chi connectivity index (χ1n) is 6.42. The maximum absolute atomic E-state index is 12.0. The first kappa shape index (κ1) is 17.1. The van der Waals surface area contributed by atoms with E-state index < -0.39 is 22.0 Å². The van der Waals surface area contributed by atoms with Gasteiger partial charge in [-0.25, -0.2) is 18.0 Å². The summed E-state index contributed by atoms with van der Waals surface area (Å²) in [5, 5.41) is 9.06. The van der Waals surface area contributed by atoms with Crippen LogP contribution in [0.1, 0.15) is 25.8 Å². The second-order valence-electron chi connectivity index (χ2n) is 5.18. The minimum atomic E-state index is -3.75. The lowest BCUT2D eigenvalue weighted by molar-refractivity contribution is -0.139. The third-order valence-corrected chi connectivity index (χ3v) is 4.11. The van der Waals surface area contributed by atoms with E-state index in [9.17, 15) is 13.2 Å². The lowest BCUT2D eigenvalue weighted by Gasteiger charge is -2.16. The topological polar surface area (TPSA) is 87.8 Å². The third-order valence-electron chi connectivity index (χ3n) is 2.75. The molecule has 0 aliphatic heterocycles. The van der Waals surface area contributed by atoms with Gasteiger partial charge in [0.15, 0.2) is 5.69 Å². The van der Waals surface area contributed by atoms with Crippen molar-refractivity contribution in [2.24, 2.45) is 5.92 Å². The van der Waals surface area contributed by atoms with Crippen molar-refractivity contribution in [3.05, 3.63) is 41.2 Å². The van der Waals surface area contributed by atoms with Crippen LogP contribution < -0.4 is 4.72 Å². The summed E-state index contributed by atoms with van der Waals surface area (Å²) in [7, 11) is -3.75. The lowest BCUT2D eigenvalue weighted by atomic mass is 10.1. The van der Waals surface area contributed by atoms with Gasteiger partial charge >= 0.3 is 5.97 Å². The predicted molar refractivity (Wildman–Crippen MR) is 79.3 cm³/mol. The molecule has 0 aromatic heterocycles. The van der Waals surface area contributed by atoms with E-state index in [-0.39, 0.29) is 18.1 Å². The quantitative estimate of drug-likeness (QED) is 0.755. The fraction of sp³-hybridized carbons (Fsp3) is 0.429. The first-order valence-corrected chi connectivity index (χ1v) is 8.08. The van der Waals surface area contributed by atoms with Gasteiger partial charge in [-0.3, -0.25) is 4.79 Å². The summed E-state index contributed by atoms with van der Waals surface area (Å²) < 4.78 is 26.2. The van der Waals surface area contributed by atoms with Crippen LogP contribution in [-0.4, -0.2) is 25.5 Å². The van der Waals surface area contributed by atoms with Gasteiger partial charge in [-0.2, -0.15) is 0 Å². The number of rotatable bonds is 7. The van der Waals surface area contributed by atoms with Gasteiger partial charge in [-0.1, -0.05) is 38.1 Å². The number of carbonyl (C=O) groups is 1. The Morgan fingerprint density at radius 2 is 1.90 bits per heavy atom. The number of nitrogens with one attached hydrogen (secondary N) is 1. The van der Waals surface area contributed by atoms with Crippen molar-refractivity contribution in [1.29, 1.82) is 0 Å². The summed E-state index contributed by atoms with van der Waals surface area (Å²) in [5.41, 5.74) is 0.927. The smallest absolute Gasteiger partial charge is 0.321 e. The maximum Gasteiger partial charge on any atom is 0.321 e. The van der Waals surface area contributed by atoms with Gasteiger partial charge in [0.25, 0.3) is 0 Å². The Balaban J connectivity index is 2.80. The lowest BCUT2D eigenvalue weighted by Crippen LogP contribution is -2.42. The molecule has 6 nitrogen and oxygen atoms in total. The van der Waals surface area contributed by atoms with Crippen LogP contribution in [0, 0.1) is 12.5 Å². The number of sulfonamides is 1. The minimum Gasteiger partial charge on any atom is -0.480 e. The van der Waals surface area contributed by atoms with Crippen molar-refractivity contribution < 1.29 is 18.3 Å². The molecule has 0 fully saturated rings. The second kappa shape index (κ2) is 7.20. The Bertz CT molecular complexity index is 630. The molecule has 1 atom stereocenters. The van der Waals surface area contributed by atoms with Gasteiger partial charge in [-0.15, -0.1) is 0 Å². The Kier molecular flexibility index (Phi) is 5.88. The molecule has 0 aliphatic rings. The SMILES string of the molecule is [C-]#[N+]c1ccc(CS(=O)(=O)NC(CC(C)C)C(=O)O)cc1. The maximum atomic E-state index is 12.0. The van der Waals surface area contributed by atoms with Crippen LogP contribution in [0.25, 0.3) is 4.85 Å². The van der Waals surface area contributed by atoms with E-state index in [1.165, 1.54) is 12.1 Å². The van der Waals surface area contributed by atoms with E-state index >= 15 is 0 Å². The van der Waals surface area contributed by atoms with Gasteiger partial charge in [0.1, 0.15) is 6.04 Å². The van der Waals surface area contributed by atoms with E-state index in [2.05, 4.69) is 9.57 Å². The molecule has 0 heterocycles. The van der Waals surface area contributed by atoms with Gasteiger partial charge in [0.2, 0.25) is 10.0 Å². The van der Waals surface area contributed by atoms with Crippen LogP contribution in [0.3, 0.4) is 0 Å². The Morgan fingerprint density at radius 1 is 1.33 bits per heavy atom. The Labute approximate surface area is 124 Å². The van der Waals surface area contributed by atoms with Gasteiger partial charge < -0.3 is 5.11 Å². The van der Waals surface area contributed by atoms with Crippen molar-refractivity contribution in [3.63, 3.8) is 0 Å². The zero-order valence-corrected chi connectivity index (χ0v) is 12.7. The molecule has 0 spiro atoms. The highest BCUT2D eigenvalue weighted by Crippen LogP contribution is 2.15. The molecule has 0 saturated heterocycles. The summed E-state index contributed by atoms with van der Waals surface area (Å²) in [6.45, 7) is 10.5. The molecule has 1 aromatic carbocycles. The number of carboxylic acid groups (broad SMARTS) is 1. The second-order valence-corrected chi connectivity index (χ2v) is 6.93. The largest absolute Gasteiger partial charge is 0.480 e. The molecule has 114 valence electrons. The van der Waals surface area contributed by atoms with Crippen LogP contribution in [0.5, 0.6) is 0 Å². The molecule has 0 bridgehead atoms. The van der Waals surface area contributed by atoms with Crippen molar-refractivity contribution in [3.8, 4) is 0 Å². The van der Waals surface area contributed by atoms with Crippen LogP contribution in [0.15, 0.2) is 24.3 Å².